The number of fused-ring (bicyclic) bond motifs is 1. The Bertz CT molecular complexity index is 1310. The zero-order valence-corrected chi connectivity index (χ0v) is 20.7. The van der Waals surface area contributed by atoms with E-state index in [0.29, 0.717) is 28.1 Å². The Kier molecular flexibility index (Phi) is 6.04. The number of halogens is 1. The Hall–Kier alpha value is -3.53. The number of aromatic nitrogens is 3. The summed E-state index contributed by atoms with van der Waals surface area (Å²) in [5.41, 5.74) is 8.53. The molecule has 3 aliphatic rings. The SMILES string of the molecule is NC(=O)C1=COC(c2ccnc(Cl)c2)N1c1cc2oc(N3CCCCC3)nc2nc1N1CCCCC1. The summed E-state index contributed by atoms with van der Waals surface area (Å²) in [7, 11) is 0. The lowest BCUT2D eigenvalue weighted by Gasteiger charge is -2.33. The fourth-order valence-electron chi connectivity index (χ4n) is 5.17. The highest BCUT2D eigenvalue weighted by Gasteiger charge is 2.37. The van der Waals surface area contributed by atoms with Crippen LogP contribution in [0.5, 0.6) is 0 Å². The van der Waals surface area contributed by atoms with Crippen LogP contribution < -0.4 is 20.4 Å². The van der Waals surface area contributed by atoms with Crippen molar-refractivity contribution in [1.82, 2.24) is 15.0 Å². The third-order valence-electron chi connectivity index (χ3n) is 6.96. The van der Waals surface area contributed by atoms with Gasteiger partial charge in [-0.1, -0.05) is 11.6 Å². The number of ether oxygens (including phenoxy) is 1. The van der Waals surface area contributed by atoms with Gasteiger partial charge in [-0.15, -0.1) is 0 Å². The monoisotopic (exact) mass is 509 g/mol. The summed E-state index contributed by atoms with van der Waals surface area (Å²) >= 11 is 6.18. The van der Waals surface area contributed by atoms with Crippen LogP contribution in [0.4, 0.5) is 17.5 Å². The van der Waals surface area contributed by atoms with E-state index in [0.717, 1.165) is 63.2 Å². The molecule has 6 heterocycles. The van der Waals surface area contributed by atoms with E-state index in [2.05, 4.69) is 14.8 Å². The highest BCUT2D eigenvalue weighted by atomic mass is 35.5. The van der Waals surface area contributed by atoms with E-state index in [9.17, 15) is 4.79 Å². The summed E-state index contributed by atoms with van der Waals surface area (Å²) in [5.74, 6) is 0.123. The van der Waals surface area contributed by atoms with E-state index < -0.39 is 12.1 Å². The number of hydrogen-bond acceptors (Lipinski definition) is 9. The van der Waals surface area contributed by atoms with E-state index in [-0.39, 0.29) is 5.70 Å². The predicted octanol–water partition coefficient (Wildman–Crippen LogP) is 4.11. The molecule has 10 nitrogen and oxygen atoms in total. The zero-order chi connectivity index (χ0) is 24.6. The second-order valence-corrected chi connectivity index (χ2v) is 9.77. The van der Waals surface area contributed by atoms with E-state index >= 15 is 0 Å². The Balaban J connectivity index is 1.49. The van der Waals surface area contributed by atoms with Crippen molar-refractivity contribution in [2.24, 2.45) is 5.73 Å². The number of piperidine rings is 2. The molecule has 36 heavy (non-hydrogen) atoms. The number of carbonyl (C=O) groups excluding carboxylic acids is 1. The molecule has 0 radical (unpaired) electrons. The minimum absolute atomic E-state index is 0.225. The van der Waals surface area contributed by atoms with Crippen LogP contribution >= 0.6 is 11.6 Å². The minimum atomic E-state index is -0.666. The lowest BCUT2D eigenvalue weighted by atomic mass is 10.1. The molecule has 6 rings (SSSR count). The molecular formula is C25H28ClN7O3. The Morgan fingerprint density at radius 2 is 1.72 bits per heavy atom. The summed E-state index contributed by atoms with van der Waals surface area (Å²) in [6.45, 7) is 3.55. The highest BCUT2D eigenvalue weighted by molar-refractivity contribution is 6.29. The first-order valence-corrected chi connectivity index (χ1v) is 12.8. The summed E-state index contributed by atoms with van der Waals surface area (Å²) in [6.07, 6.45) is 9.09. The molecule has 1 atom stereocenters. The second-order valence-electron chi connectivity index (χ2n) is 9.38. The lowest BCUT2D eigenvalue weighted by Crippen LogP contribution is -2.35. The van der Waals surface area contributed by atoms with Crippen LogP contribution in [0.3, 0.4) is 0 Å². The number of primary amides is 1. The standard InChI is InChI=1S/C25H28ClN7O3/c26-20-13-16(7-8-28-20)24-33(18(15-35-24)21(27)34)17-14-19-22(29-23(17)31-9-3-1-4-10-31)30-25(36-19)32-11-5-2-6-12-32/h7-8,13-15,24H,1-6,9-12H2,(H2,27,34). The fourth-order valence-corrected chi connectivity index (χ4v) is 5.36. The van der Waals surface area contributed by atoms with Crippen LogP contribution in [0, 0.1) is 0 Å². The van der Waals surface area contributed by atoms with Crippen molar-refractivity contribution < 1.29 is 13.9 Å². The first-order valence-electron chi connectivity index (χ1n) is 12.5. The first kappa shape index (κ1) is 22.9. The molecule has 0 spiro atoms. The Labute approximate surface area is 213 Å². The molecule has 11 heteroatoms. The van der Waals surface area contributed by atoms with Gasteiger partial charge in [0.2, 0.25) is 11.9 Å². The zero-order valence-electron chi connectivity index (χ0n) is 19.9. The van der Waals surface area contributed by atoms with Crippen LogP contribution in [0.15, 0.2) is 40.8 Å². The van der Waals surface area contributed by atoms with Crippen molar-refractivity contribution in [3.63, 3.8) is 0 Å². The average molecular weight is 510 g/mol. The molecule has 3 aliphatic heterocycles. The molecule has 2 saturated heterocycles. The molecule has 1 amide bonds. The predicted molar refractivity (Wildman–Crippen MR) is 137 cm³/mol. The largest absolute Gasteiger partial charge is 0.471 e. The quantitative estimate of drug-likeness (QED) is 0.507. The summed E-state index contributed by atoms with van der Waals surface area (Å²) in [5, 5.41) is 0.329. The van der Waals surface area contributed by atoms with Crippen molar-refractivity contribution in [3.05, 3.63) is 47.1 Å². The van der Waals surface area contributed by atoms with E-state index in [4.69, 9.17) is 36.5 Å². The molecule has 3 aromatic heterocycles. The fraction of sp³-hybridized carbons (Fsp3) is 0.440. The summed E-state index contributed by atoms with van der Waals surface area (Å²) < 4.78 is 12.2. The van der Waals surface area contributed by atoms with Crippen molar-refractivity contribution >= 4 is 46.3 Å². The van der Waals surface area contributed by atoms with Gasteiger partial charge in [-0.3, -0.25) is 9.69 Å². The molecule has 3 aromatic rings. The summed E-state index contributed by atoms with van der Waals surface area (Å²) in [6, 6.07) is 6.00. The number of pyridine rings is 2. The third kappa shape index (κ3) is 4.19. The van der Waals surface area contributed by atoms with E-state index in [1.54, 1.807) is 23.2 Å². The van der Waals surface area contributed by atoms with Gasteiger partial charge in [0, 0.05) is 44.0 Å². The number of nitrogens with zero attached hydrogens (tertiary/aromatic N) is 6. The van der Waals surface area contributed by atoms with Crippen LogP contribution in [0.25, 0.3) is 11.2 Å². The molecule has 0 aliphatic carbocycles. The van der Waals surface area contributed by atoms with Crippen molar-refractivity contribution in [3.8, 4) is 0 Å². The maximum atomic E-state index is 12.5. The van der Waals surface area contributed by atoms with Crippen molar-refractivity contribution in [2.75, 3.05) is 40.9 Å². The third-order valence-corrected chi connectivity index (χ3v) is 7.17. The van der Waals surface area contributed by atoms with Crippen LogP contribution in [0.1, 0.15) is 50.3 Å². The molecule has 2 fully saturated rings. The van der Waals surface area contributed by atoms with E-state index in [1.165, 1.54) is 19.1 Å². The first-order chi connectivity index (χ1) is 17.6. The number of carbonyl (C=O) groups is 1. The van der Waals surface area contributed by atoms with Gasteiger partial charge < -0.3 is 24.7 Å². The number of rotatable bonds is 5. The lowest BCUT2D eigenvalue weighted by molar-refractivity contribution is -0.114. The van der Waals surface area contributed by atoms with Gasteiger partial charge in [0.25, 0.3) is 11.9 Å². The highest BCUT2D eigenvalue weighted by Crippen LogP contribution is 2.43. The Morgan fingerprint density at radius 1 is 1.00 bits per heavy atom. The van der Waals surface area contributed by atoms with Gasteiger partial charge in [-0.25, -0.2) is 9.97 Å². The molecule has 188 valence electrons. The minimum Gasteiger partial charge on any atom is -0.471 e. The maximum Gasteiger partial charge on any atom is 0.299 e. The summed E-state index contributed by atoms with van der Waals surface area (Å²) in [4.78, 5) is 32.5. The number of amides is 1. The molecule has 0 bridgehead atoms. The van der Waals surface area contributed by atoms with Gasteiger partial charge >= 0.3 is 0 Å². The molecule has 2 N–H and O–H groups in total. The number of hydrogen-bond donors (Lipinski definition) is 1. The number of oxazole rings is 1. The van der Waals surface area contributed by atoms with Crippen LogP contribution in [-0.4, -0.2) is 47.0 Å². The Morgan fingerprint density at radius 3 is 2.42 bits per heavy atom. The molecular weight excluding hydrogens is 482 g/mol. The van der Waals surface area contributed by atoms with Gasteiger partial charge in [-0.2, -0.15) is 4.98 Å². The maximum absolute atomic E-state index is 12.5. The van der Waals surface area contributed by atoms with Crippen molar-refractivity contribution in [1.29, 1.82) is 0 Å². The van der Waals surface area contributed by atoms with Gasteiger partial charge in [0.1, 0.15) is 17.1 Å². The van der Waals surface area contributed by atoms with Gasteiger partial charge in [-0.05, 0) is 50.7 Å². The molecule has 0 saturated carbocycles. The second kappa shape index (κ2) is 9.50. The topological polar surface area (TPSA) is 114 Å². The van der Waals surface area contributed by atoms with Crippen LogP contribution in [0.2, 0.25) is 5.15 Å². The van der Waals surface area contributed by atoms with Crippen LogP contribution in [-0.2, 0) is 9.53 Å². The smallest absolute Gasteiger partial charge is 0.299 e. The number of nitrogens with two attached hydrogens (primary N) is 1. The molecule has 0 aromatic carbocycles. The van der Waals surface area contributed by atoms with Gasteiger partial charge in [0.15, 0.2) is 11.4 Å². The molecule has 1 unspecified atom stereocenters. The average Bonchev–Trinajstić information content (AvgIpc) is 3.53. The van der Waals surface area contributed by atoms with Gasteiger partial charge in [0.05, 0.1) is 5.69 Å². The normalized spacial score (nSPS) is 20.5. The number of anilines is 3. The van der Waals surface area contributed by atoms with Crippen molar-refractivity contribution in [2.45, 2.75) is 44.8 Å². The van der Waals surface area contributed by atoms with E-state index in [1.807, 2.05) is 6.07 Å².